The molecular formula is C27H27IN2O5. The molecule has 0 unspecified atom stereocenters. The van der Waals surface area contributed by atoms with E-state index < -0.39 is 30.1 Å². The Morgan fingerprint density at radius 2 is 1.37 bits per heavy atom. The molecule has 0 fully saturated rings. The van der Waals surface area contributed by atoms with E-state index >= 15 is 0 Å². The summed E-state index contributed by atoms with van der Waals surface area (Å²) in [6.07, 6.45) is -0.241. The number of nitrogens with one attached hydrogen (secondary N) is 2. The summed E-state index contributed by atoms with van der Waals surface area (Å²) in [6.45, 7) is 0.0730. The highest BCUT2D eigenvalue weighted by molar-refractivity contribution is 14.1. The average molecular weight is 586 g/mol. The first kappa shape index (κ1) is 26.2. The predicted octanol–water partition coefficient (Wildman–Crippen LogP) is 4.03. The maximum Gasteiger partial charge on any atom is 0.408 e. The third-order valence-corrected chi connectivity index (χ3v) is 6.34. The lowest BCUT2D eigenvalue weighted by molar-refractivity contribution is -0.145. The molecule has 0 saturated carbocycles. The number of ether oxygens (including phenoxy) is 2. The van der Waals surface area contributed by atoms with Crippen LogP contribution in [-0.2, 0) is 38.5 Å². The van der Waals surface area contributed by atoms with Crippen molar-refractivity contribution in [2.75, 3.05) is 7.11 Å². The molecule has 182 valence electrons. The van der Waals surface area contributed by atoms with Crippen molar-refractivity contribution >= 4 is 40.6 Å². The van der Waals surface area contributed by atoms with Crippen molar-refractivity contribution in [1.82, 2.24) is 10.6 Å². The molecule has 3 aromatic rings. The molecule has 0 saturated heterocycles. The second kappa shape index (κ2) is 13.5. The van der Waals surface area contributed by atoms with Crippen LogP contribution in [0.4, 0.5) is 4.79 Å². The Bertz CT molecular complexity index is 1120. The van der Waals surface area contributed by atoms with Crippen molar-refractivity contribution in [3.8, 4) is 0 Å². The summed E-state index contributed by atoms with van der Waals surface area (Å²) in [4.78, 5) is 38.3. The second-order valence-corrected chi connectivity index (χ2v) is 8.99. The molecule has 0 aliphatic rings. The first-order valence-corrected chi connectivity index (χ1v) is 12.2. The third kappa shape index (κ3) is 8.40. The standard InChI is InChI=1S/C27H27IN2O5/c1-34-26(32)24(17-21-14-8-9-15-22(21)28)29-25(31)23(16-19-10-4-2-5-11-19)30-27(33)35-18-20-12-6-3-7-13-20/h2-15,23-24H,16-18H2,1H3,(H,29,31)(H,30,33)/t23-,24+/m1/s1. The van der Waals surface area contributed by atoms with E-state index in [4.69, 9.17) is 9.47 Å². The van der Waals surface area contributed by atoms with E-state index in [9.17, 15) is 14.4 Å². The molecule has 3 rings (SSSR count). The van der Waals surface area contributed by atoms with E-state index in [0.717, 1.165) is 20.3 Å². The van der Waals surface area contributed by atoms with Gasteiger partial charge in [0.05, 0.1) is 7.11 Å². The zero-order chi connectivity index (χ0) is 25.0. The highest BCUT2D eigenvalue weighted by Crippen LogP contribution is 2.14. The molecule has 0 spiro atoms. The molecule has 0 aliphatic carbocycles. The average Bonchev–Trinajstić information content (AvgIpc) is 2.88. The first-order valence-electron chi connectivity index (χ1n) is 11.1. The summed E-state index contributed by atoms with van der Waals surface area (Å²) in [7, 11) is 1.28. The number of alkyl carbamates (subject to hydrolysis) is 1. The monoisotopic (exact) mass is 586 g/mol. The quantitative estimate of drug-likeness (QED) is 0.277. The number of amides is 2. The molecule has 8 heteroatoms. The van der Waals surface area contributed by atoms with Crippen LogP contribution >= 0.6 is 22.6 Å². The van der Waals surface area contributed by atoms with Crippen LogP contribution in [0.15, 0.2) is 84.9 Å². The lowest BCUT2D eigenvalue weighted by Gasteiger charge is -2.22. The number of halogens is 1. The van der Waals surface area contributed by atoms with E-state index in [2.05, 4.69) is 33.2 Å². The smallest absolute Gasteiger partial charge is 0.408 e. The lowest BCUT2D eigenvalue weighted by atomic mass is 10.0. The minimum absolute atomic E-state index is 0.0730. The Kier molecular flexibility index (Phi) is 10.1. The molecule has 35 heavy (non-hydrogen) atoms. The Morgan fingerprint density at radius 1 is 0.771 bits per heavy atom. The fraction of sp³-hybridized carbons (Fsp3) is 0.222. The predicted molar refractivity (Wildman–Crippen MR) is 141 cm³/mol. The summed E-state index contributed by atoms with van der Waals surface area (Å²) < 4.78 is 11.2. The largest absolute Gasteiger partial charge is 0.467 e. The topological polar surface area (TPSA) is 93.7 Å². The van der Waals surface area contributed by atoms with Gasteiger partial charge in [0, 0.05) is 16.4 Å². The van der Waals surface area contributed by atoms with Crippen LogP contribution in [0.5, 0.6) is 0 Å². The van der Waals surface area contributed by atoms with E-state index in [1.807, 2.05) is 84.9 Å². The number of hydrogen-bond donors (Lipinski definition) is 2. The number of carbonyl (C=O) groups is 3. The Labute approximate surface area is 218 Å². The van der Waals surface area contributed by atoms with Gasteiger partial charge < -0.3 is 20.1 Å². The SMILES string of the molecule is COC(=O)[C@H](Cc1ccccc1I)NC(=O)[C@@H](Cc1ccccc1)NC(=O)OCc1ccccc1. The summed E-state index contributed by atoms with van der Waals surface area (Å²) >= 11 is 2.18. The van der Waals surface area contributed by atoms with Crippen LogP contribution in [-0.4, -0.2) is 37.2 Å². The second-order valence-electron chi connectivity index (χ2n) is 7.83. The number of carbonyl (C=O) groups excluding carboxylic acids is 3. The van der Waals surface area contributed by atoms with Gasteiger partial charge >= 0.3 is 12.1 Å². The molecule has 2 atom stereocenters. The molecule has 2 N–H and O–H groups in total. The molecule has 0 bridgehead atoms. The van der Waals surface area contributed by atoms with Gasteiger partial charge in [-0.1, -0.05) is 78.9 Å². The van der Waals surface area contributed by atoms with Gasteiger partial charge in [-0.15, -0.1) is 0 Å². The summed E-state index contributed by atoms with van der Waals surface area (Å²) in [5.74, 6) is -1.07. The van der Waals surface area contributed by atoms with Gasteiger partial charge in [-0.2, -0.15) is 0 Å². The third-order valence-electron chi connectivity index (χ3n) is 5.29. The van der Waals surface area contributed by atoms with Gasteiger partial charge in [-0.05, 0) is 45.3 Å². The highest BCUT2D eigenvalue weighted by atomic mass is 127. The normalized spacial score (nSPS) is 12.2. The first-order chi connectivity index (χ1) is 17.0. The van der Waals surface area contributed by atoms with Crippen molar-refractivity contribution in [3.63, 3.8) is 0 Å². The van der Waals surface area contributed by atoms with Crippen LogP contribution < -0.4 is 10.6 Å². The van der Waals surface area contributed by atoms with Gasteiger partial charge in [-0.3, -0.25) is 4.79 Å². The number of methoxy groups -OCH3 is 1. The molecule has 0 heterocycles. The Hall–Kier alpha value is -3.40. The van der Waals surface area contributed by atoms with E-state index in [0.29, 0.717) is 0 Å². The van der Waals surface area contributed by atoms with Crippen molar-refractivity contribution in [3.05, 3.63) is 105 Å². The minimum Gasteiger partial charge on any atom is -0.467 e. The minimum atomic E-state index is -0.956. The number of esters is 1. The van der Waals surface area contributed by atoms with Gasteiger partial charge in [0.25, 0.3) is 0 Å². The zero-order valence-electron chi connectivity index (χ0n) is 19.3. The maximum absolute atomic E-state index is 13.3. The Balaban J connectivity index is 1.72. The van der Waals surface area contributed by atoms with Gasteiger partial charge in [0.15, 0.2) is 0 Å². The zero-order valence-corrected chi connectivity index (χ0v) is 21.4. The van der Waals surface area contributed by atoms with Crippen molar-refractivity contribution in [2.45, 2.75) is 31.5 Å². The molecule has 0 radical (unpaired) electrons. The molecular weight excluding hydrogens is 559 g/mol. The van der Waals surface area contributed by atoms with Crippen molar-refractivity contribution in [2.24, 2.45) is 0 Å². The fourth-order valence-corrected chi connectivity index (χ4v) is 4.07. The van der Waals surface area contributed by atoms with Gasteiger partial charge in [0.1, 0.15) is 18.7 Å². The molecule has 7 nitrogen and oxygen atoms in total. The molecule has 2 amide bonds. The Morgan fingerprint density at radius 3 is 2.00 bits per heavy atom. The fourth-order valence-electron chi connectivity index (χ4n) is 3.46. The van der Waals surface area contributed by atoms with E-state index in [1.165, 1.54) is 7.11 Å². The van der Waals surface area contributed by atoms with E-state index in [-0.39, 0.29) is 19.4 Å². The molecule has 0 aliphatic heterocycles. The van der Waals surface area contributed by atoms with Gasteiger partial charge in [0.2, 0.25) is 5.91 Å². The van der Waals surface area contributed by atoms with E-state index in [1.54, 1.807) is 0 Å². The maximum atomic E-state index is 13.3. The summed E-state index contributed by atoms with van der Waals surface area (Å²) in [5.41, 5.74) is 2.58. The summed E-state index contributed by atoms with van der Waals surface area (Å²) in [6, 6.07) is 24.3. The molecule has 3 aromatic carbocycles. The van der Waals surface area contributed by atoms with Crippen LogP contribution in [0, 0.1) is 3.57 Å². The van der Waals surface area contributed by atoms with Crippen molar-refractivity contribution < 1.29 is 23.9 Å². The number of rotatable bonds is 10. The van der Waals surface area contributed by atoms with Crippen LogP contribution in [0.25, 0.3) is 0 Å². The molecule has 0 aromatic heterocycles. The van der Waals surface area contributed by atoms with Crippen molar-refractivity contribution in [1.29, 1.82) is 0 Å². The summed E-state index contributed by atoms with van der Waals surface area (Å²) in [5, 5.41) is 5.40. The van der Waals surface area contributed by atoms with Crippen LogP contribution in [0.2, 0.25) is 0 Å². The lowest BCUT2D eigenvalue weighted by Crippen LogP contribution is -2.53. The van der Waals surface area contributed by atoms with Crippen LogP contribution in [0.3, 0.4) is 0 Å². The highest BCUT2D eigenvalue weighted by Gasteiger charge is 2.28. The number of hydrogen-bond acceptors (Lipinski definition) is 5. The number of benzene rings is 3. The van der Waals surface area contributed by atoms with Gasteiger partial charge in [-0.25, -0.2) is 9.59 Å². The van der Waals surface area contributed by atoms with Crippen LogP contribution in [0.1, 0.15) is 16.7 Å².